The Morgan fingerprint density at radius 1 is 1.38 bits per heavy atom. The molecule has 2 amide bonds. The highest BCUT2D eigenvalue weighted by Crippen LogP contribution is 2.15. The number of piperidine rings is 1. The summed E-state index contributed by atoms with van der Waals surface area (Å²) in [6.07, 6.45) is 1.50. The normalized spacial score (nSPS) is 15.6. The first-order valence-electron chi connectivity index (χ1n) is 6.92. The number of amides is 2. The Labute approximate surface area is 129 Å². The number of carbonyl (C=O) groups excluding carboxylic acids is 2. The smallest absolute Gasteiger partial charge is 0.251 e. The molecule has 0 saturated carbocycles. The van der Waals surface area contributed by atoms with Crippen LogP contribution in [-0.2, 0) is 4.79 Å². The third kappa shape index (κ3) is 4.11. The molecule has 1 aromatic rings. The molecular weight excluding hydrogens is 292 g/mol. The number of rotatable bonds is 4. The van der Waals surface area contributed by atoms with Gasteiger partial charge in [-0.05, 0) is 31.0 Å². The van der Waals surface area contributed by atoms with Crippen LogP contribution >= 0.6 is 11.6 Å². The standard InChI is InChI=1S/C15H19ClN2O3/c1-21-13-4-2-3-11(9-13)15(20)17-12-5-7-18(8-6-12)14(19)10-16/h2-4,9,12H,5-8,10H2,1H3,(H,17,20). The number of nitrogens with one attached hydrogen (secondary N) is 1. The van der Waals surface area contributed by atoms with Crippen LogP contribution in [0.25, 0.3) is 0 Å². The Balaban J connectivity index is 1.88. The van der Waals surface area contributed by atoms with E-state index in [0.29, 0.717) is 24.4 Å². The second-order valence-corrected chi connectivity index (χ2v) is 5.26. The van der Waals surface area contributed by atoms with Crippen molar-refractivity contribution in [3.8, 4) is 5.75 Å². The van der Waals surface area contributed by atoms with Crippen LogP contribution in [0, 0.1) is 0 Å². The average Bonchev–Trinajstić information content (AvgIpc) is 2.54. The summed E-state index contributed by atoms with van der Waals surface area (Å²) in [5.74, 6) is 0.510. The zero-order chi connectivity index (χ0) is 15.2. The van der Waals surface area contributed by atoms with Crippen LogP contribution in [0.15, 0.2) is 24.3 Å². The topological polar surface area (TPSA) is 58.6 Å². The van der Waals surface area contributed by atoms with Crippen LogP contribution in [0.4, 0.5) is 0 Å². The number of alkyl halides is 1. The first-order chi connectivity index (χ1) is 10.1. The summed E-state index contributed by atoms with van der Waals surface area (Å²) in [5, 5.41) is 3.00. The van der Waals surface area contributed by atoms with E-state index in [0.717, 1.165) is 12.8 Å². The molecule has 0 aliphatic carbocycles. The van der Waals surface area contributed by atoms with E-state index in [-0.39, 0.29) is 23.7 Å². The third-order valence-corrected chi connectivity index (χ3v) is 3.86. The maximum atomic E-state index is 12.2. The number of likely N-dealkylation sites (tertiary alicyclic amines) is 1. The quantitative estimate of drug-likeness (QED) is 0.860. The number of benzene rings is 1. The van der Waals surface area contributed by atoms with Crippen molar-refractivity contribution in [1.82, 2.24) is 10.2 Å². The van der Waals surface area contributed by atoms with E-state index in [1.54, 1.807) is 36.3 Å². The van der Waals surface area contributed by atoms with Gasteiger partial charge in [-0.3, -0.25) is 9.59 Å². The number of carbonyl (C=O) groups is 2. The SMILES string of the molecule is COc1cccc(C(=O)NC2CCN(C(=O)CCl)CC2)c1. The molecule has 1 aliphatic heterocycles. The number of nitrogens with zero attached hydrogens (tertiary/aromatic N) is 1. The largest absolute Gasteiger partial charge is 0.497 e. The molecule has 0 radical (unpaired) electrons. The summed E-state index contributed by atoms with van der Waals surface area (Å²) in [6, 6.07) is 7.14. The second kappa shape index (κ2) is 7.31. The molecule has 1 heterocycles. The minimum Gasteiger partial charge on any atom is -0.497 e. The lowest BCUT2D eigenvalue weighted by molar-refractivity contribution is -0.129. The fourth-order valence-electron chi connectivity index (χ4n) is 2.39. The van der Waals surface area contributed by atoms with Crippen molar-refractivity contribution >= 4 is 23.4 Å². The Morgan fingerprint density at radius 2 is 2.10 bits per heavy atom. The zero-order valence-corrected chi connectivity index (χ0v) is 12.7. The molecular formula is C15H19ClN2O3. The van der Waals surface area contributed by atoms with Crippen molar-refractivity contribution in [2.45, 2.75) is 18.9 Å². The van der Waals surface area contributed by atoms with Crippen LogP contribution in [0.2, 0.25) is 0 Å². The number of hydrogen-bond donors (Lipinski definition) is 1. The maximum Gasteiger partial charge on any atom is 0.251 e. The molecule has 0 aromatic heterocycles. The van der Waals surface area contributed by atoms with Gasteiger partial charge < -0.3 is 15.0 Å². The zero-order valence-electron chi connectivity index (χ0n) is 12.0. The Kier molecular flexibility index (Phi) is 5.44. The molecule has 0 bridgehead atoms. The van der Waals surface area contributed by atoms with E-state index in [2.05, 4.69) is 5.32 Å². The van der Waals surface area contributed by atoms with Crippen LogP contribution in [-0.4, -0.2) is 48.8 Å². The summed E-state index contributed by atoms with van der Waals surface area (Å²) >= 11 is 5.54. The summed E-state index contributed by atoms with van der Waals surface area (Å²) in [5.41, 5.74) is 0.577. The molecule has 21 heavy (non-hydrogen) atoms. The minimum atomic E-state index is -0.115. The fraction of sp³-hybridized carbons (Fsp3) is 0.467. The van der Waals surface area contributed by atoms with Crippen LogP contribution in [0.3, 0.4) is 0 Å². The van der Waals surface area contributed by atoms with E-state index in [1.807, 2.05) is 0 Å². The van der Waals surface area contributed by atoms with Crippen LogP contribution in [0.1, 0.15) is 23.2 Å². The van der Waals surface area contributed by atoms with Gasteiger partial charge in [0.2, 0.25) is 5.91 Å². The minimum absolute atomic E-state index is 0.0147. The monoisotopic (exact) mass is 310 g/mol. The van der Waals surface area contributed by atoms with Gasteiger partial charge in [-0.15, -0.1) is 11.6 Å². The lowest BCUT2D eigenvalue weighted by Gasteiger charge is -2.32. The summed E-state index contributed by atoms with van der Waals surface area (Å²) in [4.78, 5) is 25.4. The number of ether oxygens (including phenoxy) is 1. The van der Waals surface area contributed by atoms with Gasteiger partial charge in [0.15, 0.2) is 0 Å². The Bertz CT molecular complexity index is 513. The number of methoxy groups -OCH3 is 1. The molecule has 1 N–H and O–H groups in total. The molecule has 0 spiro atoms. The fourth-order valence-corrected chi connectivity index (χ4v) is 2.56. The molecule has 0 atom stereocenters. The average molecular weight is 311 g/mol. The molecule has 2 rings (SSSR count). The summed E-state index contributed by atoms with van der Waals surface area (Å²) < 4.78 is 5.11. The maximum absolute atomic E-state index is 12.2. The van der Waals surface area contributed by atoms with E-state index < -0.39 is 0 Å². The van der Waals surface area contributed by atoms with Gasteiger partial charge in [-0.1, -0.05) is 6.07 Å². The van der Waals surface area contributed by atoms with Crippen molar-refractivity contribution in [2.75, 3.05) is 26.1 Å². The predicted octanol–water partition coefficient (Wildman–Crippen LogP) is 1.65. The Hall–Kier alpha value is -1.75. The molecule has 5 nitrogen and oxygen atoms in total. The lowest BCUT2D eigenvalue weighted by Crippen LogP contribution is -2.46. The molecule has 1 aliphatic rings. The number of hydrogen-bond acceptors (Lipinski definition) is 3. The van der Waals surface area contributed by atoms with Crippen molar-refractivity contribution < 1.29 is 14.3 Å². The van der Waals surface area contributed by atoms with Gasteiger partial charge in [0, 0.05) is 24.7 Å². The number of halogens is 1. The highest BCUT2D eigenvalue weighted by atomic mass is 35.5. The van der Waals surface area contributed by atoms with Gasteiger partial charge >= 0.3 is 0 Å². The van der Waals surface area contributed by atoms with Gasteiger partial charge in [0.1, 0.15) is 11.6 Å². The van der Waals surface area contributed by atoms with E-state index in [1.165, 1.54) is 0 Å². The van der Waals surface area contributed by atoms with E-state index in [9.17, 15) is 9.59 Å². The van der Waals surface area contributed by atoms with Crippen molar-refractivity contribution in [2.24, 2.45) is 0 Å². The third-order valence-electron chi connectivity index (χ3n) is 3.63. The van der Waals surface area contributed by atoms with Gasteiger partial charge in [-0.2, -0.15) is 0 Å². The lowest BCUT2D eigenvalue weighted by atomic mass is 10.0. The summed E-state index contributed by atoms with van der Waals surface area (Å²) in [7, 11) is 1.57. The molecule has 6 heteroatoms. The van der Waals surface area contributed by atoms with Gasteiger partial charge in [0.25, 0.3) is 5.91 Å². The highest BCUT2D eigenvalue weighted by molar-refractivity contribution is 6.27. The molecule has 114 valence electrons. The van der Waals surface area contributed by atoms with E-state index >= 15 is 0 Å². The van der Waals surface area contributed by atoms with Crippen LogP contribution in [0.5, 0.6) is 5.75 Å². The Morgan fingerprint density at radius 3 is 2.71 bits per heavy atom. The molecule has 1 saturated heterocycles. The van der Waals surface area contributed by atoms with Crippen molar-refractivity contribution in [3.05, 3.63) is 29.8 Å². The summed E-state index contributed by atoms with van der Waals surface area (Å²) in [6.45, 7) is 1.27. The molecule has 0 unspecified atom stereocenters. The first kappa shape index (κ1) is 15.6. The molecule has 1 aromatic carbocycles. The van der Waals surface area contributed by atoms with E-state index in [4.69, 9.17) is 16.3 Å². The first-order valence-corrected chi connectivity index (χ1v) is 7.46. The molecule has 1 fully saturated rings. The second-order valence-electron chi connectivity index (χ2n) is 4.99. The van der Waals surface area contributed by atoms with Gasteiger partial charge in [0.05, 0.1) is 7.11 Å². The predicted molar refractivity (Wildman–Crippen MR) is 80.8 cm³/mol. The van der Waals surface area contributed by atoms with Crippen LogP contribution < -0.4 is 10.1 Å². The van der Waals surface area contributed by atoms with Gasteiger partial charge in [-0.25, -0.2) is 0 Å². The highest BCUT2D eigenvalue weighted by Gasteiger charge is 2.23. The van der Waals surface area contributed by atoms with Crippen molar-refractivity contribution in [1.29, 1.82) is 0 Å². The van der Waals surface area contributed by atoms with Crippen molar-refractivity contribution in [3.63, 3.8) is 0 Å².